The molecule has 0 radical (unpaired) electrons. The second-order valence-corrected chi connectivity index (χ2v) is 10.4. The molecule has 10 nitrogen and oxygen atoms in total. The minimum Gasteiger partial charge on any atom is -0.481 e. The molecule has 1 fully saturated rings. The lowest BCUT2D eigenvalue weighted by Crippen LogP contribution is -2.46. The molecule has 4 aromatic rings. The first-order chi connectivity index (χ1) is 20.3. The monoisotopic (exact) mass is 589 g/mol. The molecule has 0 saturated carbocycles. The quantitative estimate of drug-likeness (QED) is 0.282. The summed E-state index contributed by atoms with van der Waals surface area (Å²) in [4.78, 5) is 30.0. The van der Waals surface area contributed by atoms with Crippen molar-refractivity contribution in [3.05, 3.63) is 92.9 Å². The Morgan fingerprint density at radius 1 is 1.14 bits per heavy atom. The molecule has 218 valence electrons. The number of halogens is 1. The van der Waals surface area contributed by atoms with Crippen molar-refractivity contribution in [1.29, 1.82) is 0 Å². The first-order valence-electron chi connectivity index (χ1n) is 13.5. The van der Waals surface area contributed by atoms with Crippen LogP contribution >= 0.6 is 11.6 Å². The Morgan fingerprint density at radius 2 is 1.90 bits per heavy atom. The number of rotatable bonds is 8. The third-order valence-corrected chi connectivity index (χ3v) is 7.82. The van der Waals surface area contributed by atoms with Gasteiger partial charge >= 0.3 is 0 Å². The van der Waals surface area contributed by atoms with Crippen LogP contribution in [0.25, 0.3) is 22.4 Å². The predicted molar refractivity (Wildman–Crippen MR) is 161 cm³/mol. The van der Waals surface area contributed by atoms with Crippen LogP contribution < -0.4 is 20.9 Å². The third kappa shape index (κ3) is 6.07. The highest BCUT2D eigenvalue weighted by molar-refractivity contribution is 6.36. The van der Waals surface area contributed by atoms with Crippen molar-refractivity contribution in [3.8, 4) is 28.3 Å². The summed E-state index contributed by atoms with van der Waals surface area (Å²) in [7, 11) is 3.06. The molecule has 1 aliphatic heterocycles. The summed E-state index contributed by atoms with van der Waals surface area (Å²) in [6.45, 7) is 3.30. The molecule has 0 aliphatic carbocycles. The van der Waals surface area contributed by atoms with E-state index in [1.54, 1.807) is 13.2 Å². The maximum Gasteiger partial charge on any atom is 0.279 e. The first-order valence-corrected chi connectivity index (χ1v) is 13.9. The maximum absolute atomic E-state index is 12.9. The Kier molecular flexibility index (Phi) is 8.98. The molecule has 0 bridgehead atoms. The third-order valence-electron chi connectivity index (χ3n) is 7.41. The number of nitrogens with zero attached hydrogens (tertiary/aromatic N) is 3. The van der Waals surface area contributed by atoms with Gasteiger partial charge in [-0.25, -0.2) is 9.67 Å². The molecule has 3 heterocycles. The standard InChI is InChI=1S/C31H32ClN5O5/c1-18-20(6-5-9-24(18)35-29(39)23-12-14-34-37(2)31(23)40)21-7-4-8-22(28(21)32)25-11-10-19(30(36-25)41-3)16-33-26-13-15-42-17-27(26)38/h4-12,14,26-27,33,38H,13,15-17H2,1-3H3,(H,35,39)/t26-,27+/m1/s1. The minimum atomic E-state index is -0.559. The lowest BCUT2D eigenvalue weighted by molar-refractivity contribution is -0.0281. The summed E-state index contributed by atoms with van der Waals surface area (Å²) in [5.41, 5.74) is 4.68. The largest absolute Gasteiger partial charge is 0.481 e. The molecule has 2 atom stereocenters. The number of aliphatic hydroxyl groups is 1. The molecule has 2 aromatic carbocycles. The molecule has 2 aromatic heterocycles. The van der Waals surface area contributed by atoms with Gasteiger partial charge in [0.25, 0.3) is 11.5 Å². The summed E-state index contributed by atoms with van der Waals surface area (Å²) in [5, 5.41) is 20.8. The van der Waals surface area contributed by atoms with E-state index < -0.39 is 17.6 Å². The molecule has 0 spiro atoms. The molecule has 1 amide bonds. The summed E-state index contributed by atoms with van der Waals surface area (Å²) in [6.07, 6.45) is 1.58. The number of carbonyl (C=O) groups excluding carboxylic acids is 1. The molecule has 1 aliphatic rings. The van der Waals surface area contributed by atoms with Gasteiger partial charge in [0, 0.05) is 54.8 Å². The second-order valence-electron chi connectivity index (χ2n) is 10.1. The smallest absolute Gasteiger partial charge is 0.279 e. The molecule has 42 heavy (non-hydrogen) atoms. The number of anilines is 1. The average molecular weight is 590 g/mol. The maximum atomic E-state index is 12.9. The van der Waals surface area contributed by atoms with E-state index >= 15 is 0 Å². The van der Waals surface area contributed by atoms with Gasteiger partial charge in [-0.3, -0.25) is 9.59 Å². The Balaban J connectivity index is 1.41. The highest BCUT2D eigenvalue weighted by Gasteiger charge is 2.24. The van der Waals surface area contributed by atoms with Crippen LogP contribution in [-0.2, 0) is 18.3 Å². The fourth-order valence-corrected chi connectivity index (χ4v) is 5.33. The number of hydrogen-bond donors (Lipinski definition) is 3. The van der Waals surface area contributed by atoms with Crippen LogP contribution in [0, 0.1) is 6.92 Å². The number of aryl methyl sites for hydroxylation is 1. The van der Waals surface area contributed by atoms with Gasteiger partial charge in [-0.15, -0.1) is 0 Å². The Bertz CT molecular complexity index is 1670. The second kappa shape index (κ2) is 12.8. The SMILES string of the molecule is COc1nc(-c2cccc(-c3cccc(NC(=O)c4ccnn(C)c4=O)c3C)c2Cl)ccc1CN[C@@H]1CCOC[C@@H]1O. The summed E-state index contributed by atoms with van der Waals surface area (Å²) in [6, 6.07) is 16.4. The van der Waals surface area contributed by atoms with Crippen molar-refractivity contribution in [2.24, 2.45) is 7.05 Å². The van der Waals surface area contributed by atoms with E-state index in [0.717, 1.165) is 38.9 Å². The minimum absolute atomic E-state index is 0.0000580. The van der Waals surface area contributed by atoms with E-state index in [1.165, 1.54) is 19.3 Å². The van der Waals surface area contributed by atoms with Crippen LogP contribution in [0.2, 0.25) is 5.02 Å². The van der Waals surface area contributed by atoms with Crippen molar-refractivity contribution >= 4 is 23.2 Å². The molecular formula is C31H32ClN5O5. The number of amides is 1. The number of aliphatic hydroxyl groups excluding tert-OH is 1. The number of pyridine rings is 1. The zero-order valence-electron chi connectivity index (χ0n) is 23.6. The number of hydrogen-bond acceptors (Lipinski definition) is 8. The Labute approximate surface area is 248 Å². The van der Waals surface area contributed by atoms with Gasteiger partial charge in [0.2, 0.25) is 5.88 Å². The van der Waals surface area contributed by atoms with E-state index in [-0.39, 0.29) is 11.6 Å². The number of aromatic nitrogens is 3. The fraction of sp³-hybridized carbons (Fsp3) is 0.290. The highest BCUT2D eigenvalue weighted by atomic mass is 35.5. The number of benzene rings is 2. The lowest BCUT2D eigenvalue weighted by atomic mass is 9.96. The first kappa shape index (κ1) is 29.4. The molecule has 0 unspecified atom stereocenters. The van der Waals surface area contributed by atoms with Crippen LogP contribution in [-0.4, -0.2) is 58.2 Å². The van der Waals surface area contributed by atoms with Gasteiger partial charge < -0.3 is 25.2 Å². The fourth-order valence-electron chi connectivity index (χ4n) is 5.00. The zero-order chi connectivity index (χ0) is 29.8. The highest BCUT2D eigenvalue weighted by Crippen LogP contribution is 2.39. The van der Waals surface area contributed by atoms with Crippen molar-refractivity contribution < 1.29 is 19.4 Å². The van der Waals surface area contributed by atoms with Gasteiger partial charge in [0.05, 0.1) is 30.5 Å². The van der Waals surface area contributed by atoms with Gasteiger partial charge in [-0.05, 0) is 42.7 Å². The van der Waals surface area contributed by atoms with Crippen LogP contribution in [0.4, 0.5) is 5.69 Å². The van der Waals surface area contributed by atoms with Crippen LogP contribution in [0.5, 0.6) is 5.88 Å². The van der Waals surface area contributed by atoms with Crippen molar-refractivity contribution in [3.63, 3.8) is 0 Å². The normalized spacial score (nSPS) is 16.7. The number of methoxy groups -OCH3 is 1. The van der Waals surface area contributed by atoms with E-state index in [2.05, 4.69) is 15.7 Å². The lowest BCUT2D eigenvalue weighted by Gasteiger charge is -2.28. The van der Waals surface area contributed by atoms with Crippen LogP contribution in [0.1, 0.15) is 27.9 Å². The van der Waals surface area contributed by atoms with E-state index in [4.69, 9.17) is 26.1 Å². The van der Waals surface area contributed by atoms with Crippen molar-refractivity contribution in [2.75, 3.05) is 25.6 Å². The Hall–Kier alpha value is -4.09. The number of nitrogens with one attached hydrogen (secondary N) is 2. The molecular weight excluding hydrogens is 558 g/mol. The molecule has 1 saturated heterocycles. The molecule has 3 N–H and O–H groups in total. The van der Waals surface area contributed by atoms with E-state index in [1.807, 2.05) is 49.4 Å². The average Bonchev–Trinajstić information content (AvgIpc) is 2.99. The number of carbonyl (C=O) groups is 1. The summed E-state index contributed by atoms with van der Waals surface area (Å²) < 4.78 is 12.0. The zero-order valence-corrected chi connectivity index (χ0v) is 24.3. The number of ether oxygens (including phenoxy) is 2. The van der Waals surface area contributed by atoms with Crippen LogP contribution in [0.15, 0.2) is 65.6 Å². The molecule has 11 heteroatoms. The van der Waals surface area contributed by atoms with Crippen molar-refractivity contribution in [1.82, 2.24) is 20.1 Å². The topological polar surface area (TPSA) is 128 Å². The van der Waals surface area contributed by atoms with Gasteiger partial charge in [0.15, 0.2) is 0 Å². The predicted octanol–water partition coefficient (Wildman–Crippen LogP) is 3.97. The molecule has 5 rings (SSSR count). The summed E-state index contributed by atoms with van der Waals surface area (Å²) in [5.74, 6) is -0.0542. The van der Waals surface area contributed by atoms with E-state index in [9.17, 15) is 14.7 Å². The Morgan fingerprint density at radius 3 is 2.69 bits per heavy atom. The summed E-state index contributed by atoms with van der Waals surface area (Å²) >= 11 is 6.98. The van der Waals surface area contributed by atoms with Gasteiger partial charge in [-0.1, -0.05) is 48.0 Å². The van der Waals surface area contributed by atoms with Gasteiger partial charge in [-0.2, -0.15) is 5.10 Å². The van der Waals surface area contributed by atoms with E-state index in [0.29, 0.717) is 42.0 Å². The van der Waals surface area contributed by atoms with Crippen LogP contribution in [0.3, 0.4) is 0 Å². The van der Waals surface area contributed by atoms with Gasteiger partial charge in [0.1, 0.15) is 5.56 Å². The van der Waals surface area contributed by atoms with Crippen molar-refractivity contribution in [2.45, 2.75) is 32.0 Å².